The largest absolute Gasteiger partial charge is 0.497 e. The molecule has 28 heavy (non-hydrogen) atoms. The molecule has 0 aliphatic carbocycles. The Bertz CT molecular complexity index is 976. The highest BCUT2D eigenvalue weighted by Crippen LogP contribution is 2.16. The number of ketones is 1. The van der Waals surface area contributed by atoms with Crippen LogP contribution in [-0.2, 0) is 19.6 Å². The summed E-state index contributed by atoms with van der Waals surface area (Å²) in [6.07, 6.45) is 0. The van der Waals surface area contributed by atoms with Gasteiger partial charge in [-0.05, 0) is 49.4 Å². The van der Waals surface area contributed by atoms with E-state index in [9.17, 15) is 26.8 Å². The van der Waals surface area contributed by atoms with Crippen molar-refractivity contribution < 1.29 is 36.3 Å². The molecule has 150 valence electrons. The summed E-state index contributed by atoms with van der Waals surface area (Å²) in [5, 5.41) is 0. The highest BCUT2D eigenvalue weighted by molar-refractivity contribution is 7.89. The Balaban J connectivity index is 1.95. The number of esters is 1. The first-order chi connectivity index (χ1) is 13.1. The Morgan fingerprint density at radius 1 is 1.07 bits per heavy atom. The number of rotatable bonds is 8. The third kappa shape index (κ3) is 5.33. The molecular weight excluding hydrogens is 396 g/mol. The van der Waals surface area contributed by atoms with Crippen LogP contribution in [-0.4, -0.2) is 39.9 Å². The standard InChI is InChI=1S/C18H17F2NO6S/c1-11(21-28(24,25)14-6-4-13(26-2)5-7-14)18(23)27-10-17(22)12-3-8-15(19)16(20)9-12/h3-9,11,21H,10H2,1-2H3. The number of carbonyl (C=O) groups is 2. The van der Waals surface area contributed by atoms with Crippen molar-refractivity contribution in [2.75, 3.05) is 13.7 Å². The van der Waals surface area contributed by atoms with Crippen molar-refractivity contribution in [1.82, 2.24) is 4.72 Å². The molecule has 1 unspecified atom stereocenters. The minimum absolute atomic E-state index is 0.0918. The summed E-state index contributed by atoms with van der Waals surface area (Å²) in [5.74, 6) is -3.64. The predicted octanol–water partition coefficient (Wildman–Crippen LogP) is 2.07. The highest BCUT2D eigenvalue weighted by atomic mass is 32.2. The summed E-state index contributed by atoms with van der Waals surface area (Å²) in [6, 6.07) is 6.69. The van der Waals surface area contributed by atoms with Gasteiger partial charge in [-0.2, -0.15) is 4.72 Å². The van der Waals surface area contributed by atoms with E-state index < -0.39 is 46.1 Å². The Morgan fingerprint density at radius 3 is 2.29 bits per heavy atom. The molecule has 0 aliphatic heterocycles. The minimum Gasteiger partial charge on any atom is -0.497 e. The molecule has 2 rings (SSSR count). The number of ether oxygens (including phenoxy) is 2. The van der Waals surface area contributed by atoms with E-state index in [4.69, 9.17) is 9.47 Å². The number of benzene rings is 2. The maximum absolute atomic E-state index is 13.1. The number of carbonyl (C=O) groups excluding carboxylic acids is 2. The van der Waals surface area contributed by atoms with Crippen LogP contribution in [0.5, 0.6) is 5.75 Å². The van der Waals surface area contributed by atoms with Crippen molar-refractivity contribution in [1.29, 1.82) is 0 Å². The van der Waals surface area contributed by atoms with Crippen LogP contribution >= 0.6 is 0 Å². The molecule has 1 N–H and O–H groups in total. The molecule has 0 saturated heterocycles. The van der Waals surface area contributed by atoms with Crippen molar-refractivity contribution in [2.45, 2.75) is 17.9 Å². The van der Waals surface area contributed by atoms with E-state index in [1.807, 2.05) is 0 Å². The Morgan fingerprint density at radius 2 is 1.71 bits per heavy atom. The SMILES string of the molecule is COc1ccc(S(=O)(=O)NC(C)C(=O)OCC(=O)c2ccc(F)c(F)c2)cc1. The molecule has 0 heterocycles. The normalized spacial score (nSPS) is 12.3. The average Bonchev–Trinajstić information content (AvgIpc) is 2.67. The molecule has 0 fully saturated rings. The summed E-state index contributed by atoms with van der Waals surface area (Å²) in [4.78, 5) is 23.7. The van der Waals surface area contributed by atoms with Crippen LogP contribution in [0.1, 0.15) is 17.3 Å². The molecule has 7 nitrogen and oxygen atoms in total. The lowest BCUT2D eigenvalue weighted by Gasteiger charge is -2.14. The molecular formula is C18H17F2NO6S. The van der Waals surface area contributed by atoms with Crippen LogP contribution in [0.3, 0.4) is 0 Å². The lowest BCUT2D eigenvalue weighted by atomic mass is 10.1. The number of hydrogen-bond acceptors (Lipinski definition) is 6. The molecule has 2 aromatic carbocycles. The van der Waals surface area contributed by atoms with Gasteiger partial charge in [-0.15, -0.1) is 0 Å². The number of halogens is 2. The van der Waals surface area contributed by atoms with Crippen LogP contribution in [0.2, 0.25) is 0 Å². The number of hydrogen-bond donors (Lipinski definition) is 1. The van der Waals surface area contributed by atoms with E-state index in [1.165, 1.54) is 38.3 Å². The first-order valence-corrected chi connectivity index (χ1v) is 9.43. The minimum atomic E-state index is -4.01. The van der Waals surface area contributed by atoms with Gasteiger partial charge in [-0.1, -0.05) is 0 Å². The second-order valence-corrected chi connectivity index (χ2v) is 7.39. The molecule has 1 atom stereocenters. The average molecular weight is 413 g/mol. The van der Waals surface area contributed by atoms with Crippen LogP contribution < -0.4 is 9.46 Å². The topological polar surface area (TPSA) is 98.8 Å². The summed E-state index contributed by atoms with van der Waals surface area (Å²) >= 11 is 0. The van der Waals surface area contributed by atoms with Crippen LogP contribution in [0.15, 0.2) is 47.4 Å². The van der Waals surface area contributed by atoms with E-state index in [0.29, 0.717) is 11.8 Å². The van der Waals surface area contributed by atoms with Gasteiger partial charge in [0.1, 0.15) is 11.8 Å². The van der Waals surface area contributed by atoms with Crippen molar-refractivity contribution in [3.05, 3.63) is 59.7 Å². The van der Waals surface area contributed by atoms with Gasteiger partial charge in [-0.3, -0.25) is 9.59 Å². The Labute approximate surface area is 160 Å². The first-order valence-electron chi connectivity index (χ1n) is 7.95. The summed E-state index contributed by atoms with van der Waals surface area (Å²) in [7, 11) is -2.58. The fourth-order valence-electron chi connectivity index (χ4n) is 2.12. The molecule has 0 spiro atoms. The van der Waals surface area contributed by atoms with Gasteiger partial charge in [-0.25, -0.2) is 17.2 Å². The lowest BCUT2D eigenvalue weighted by molar-refractivity contribution is -0.144. The third-order valence-electron chi connectivity index (χ3n) is 3.64. The Hall–Kier alpha value is -2.85. The van der Waals surface area contributed by atoms with Crippen molar-refractivity contribution in [3.8, 4) is 5.75 Å². The van der Waals surface area contributed by atoms with E-state index in [2.05, 4.69) is 4.72 Å². The van der Waals surface area contributed by atoms with Crippen molar-refractivity contribution in [2.24, 2.45) is 0 Å². The number of sulfonamides is 1. The van der Waals surface area contributed by atoms with E-state index in [0.717, 1.165) is 12.1 Å². The second-order valence-electron chi connectivity index (χ2n) is 5.68. The monoisotopic (exact) mass is 413 g/mol. The van der Waals surface area contributed by atoms with Gasteiger partial charge in [0.15, 0.2) is 24.0 Å². The molecule has 0 aromatic heterocycles. The van der Waals surface area contributed by atoms with Crippen molar-refractivity contribution in [3.63, 3.8) is 0 Å². The molecule has 0 bridgehead atoms. The van der Waals surface area contributed by atoms with Gasteiger partial charge in [0, 0.05) is 5.56 Å². The van der Waals surface area contributed by atoms with Crippen molar-refractivity contribution >= 4 is 21.8 Å². The summed E-state index contributed by atoms with van der Waals surface area (Å²) in [6.45, 7) is 0.490. The third-order valence-corrected chi connectivity index (χ3v) is 5.20. The number of methoxy groups -OCH3 is 1. The lowest BCUT2D eigenvalue weighted by Crippen LogP contribution is -2.40. The Kier molecular flexibility index (Phi) is 6.81. The van der Waals surface area contributed by atoms with Gasteiger partial charge < -0.3 is 9.47 Å². The zero-order chi connectivity index (χ0) is 20.9. The molecule has 0 saturated carbocycles. The maximum Gasteiger partial charge on any atom is 0.324 e. The summed E-state index contributed by atoms with van der Waals surface area (Å²) < 4.78 is 62.4. The zero-order valence-corrected chi connectivity index (χ0v) is 15.8. The smallest absolute Gasteiger partial charge is 0.324 e. The quantitative estimate of drug-likeness (QED) is 0.526. The molecule has 2 aromatic rings. The van der Waals surface area contributed by atoms with E-state index in [-0.39, 0.29) is 10.5 Å². The van der Waals surface area contributed by atoms with Gasteiger partial charge in [0.25, 0.3) is 0 Å². The molecule has 0 amide bonds. The van der Waals surface area contributed by atoms with Crippen LogP contribution in [0, 0.1) is 11.6 Å². The van der Waals surface area contributed by atoms with E-state index >= 15 is 0 Å². The fourth-order valence-corrected chi connectivity index (χ4v) is 3.31. The van der Waals surface area contributed by atoms with Crippen LogP contribution in [0.25, 0.3) is 0 Å². The predicted molar refractivity (Wildman–Crippen MR) is 94.4 cm³/mol. The van der Waals surface area contributed by atoms with Gasteiger partial charge in [0.2, 0.25) is 10.0 Å². The maximum atomic E-state index is 13.1. The van der Waals surface area contributed by atoms with E-state index in [1.54, 1.807) is 0 Å². The number of Topliss-reactive ketones (excluding diaryl/α,β-unsaturated/α-hetero) is 1. The molecule has 10 heteroatoms. The van der Waals surface area contributed by atoms with Crippen LogP contribution in [0.4, 0.5) is 8.78 Å². The number of nitrogens with one attached hydrogen (secondary N) is 1. The fraction of sp³-hybridized carbons (Fsp3) is 0.222. The first kappa shape index (κ1) is 21.5. The zero-order valence-electron chi connectivity index (χ0n) is 14.9. The summed E-state index contributed by atoms with van der Waals surface area (Å²) in [5.41, 5.74) is -0.182. The molecule has 0 radical (unpaired) electrons. The second kappa shape index (κ2) is 8.89. The highest BCUT2D eigenvalue weighted by Gasteiger charge is 2.24. The van der Waals surface area contributed by atoms with Gasteiger partial charge in [0.05, 0.1) is 12.0 Å². The van der Waals surface area contributed by atoms with Gasteiger partial charge >= 0.3 is 5.97 Å². The molecule has 0 aliphatic rings.